The number of nitrogens with zero attached hydrogens (tertiary/aromatic N) is 1. The Morgan fingerprint density at radius 3 is 2.50 bits per heavy atom. The molecule has 2 atom stereocenters. The van der Waals surface area contributed by atoms with Crippen molar-refractivity contribution in [3.05, 3.63) is 65.9 Å². The molecule has 1 heterocycles. The van der Waals surface area contributed by atoms with Crippen molar-refractivity contribution in [2.45, 2.75) is 43.6 Å². The summed E-state index contributed by atoms with van der Waals surface area (Å²) in [5.41, 5.74) is 3.77. The highest BCUT2D eigenvalue weighted by Gasteiger charge is 2.22. The number of thioether (sulfide) groups is 1. The third kappa shape index (κ3) is 4.75. The van der Waals surface area contributed by atoms with Gasteiger partial charge in [0, 0.05) is 11.3 Å². The number of hydrogen-bond acceptors (Lipinski definition) is 4. The van der Waals surface area contributed by atoms with Crippen LogP contribution in [0.25, 0.3) is 11.3 Å². The number of rotatable bonds is 7. The van der Waals surface area contributed by atoms with Crippen LogP contribution in [0.3, 0.4) is 0 Å². The van der Waals surface area contributed by atoms with E-state index in [-0.39, 0.29) is 22.9 Å². The summed E-state index contributed by atoms with van der Waals surface area (Å²) in [6.45, 7) is 5.95. The Labute approximate surface area is 169 Å². The fourth-order valence-electron chi connectivity index (χ4n) is 2.98. The second-order valence-corrected chi connectivity index (χ2v) is 7.91. The summed E-state index contributed by atoms with van der Waals surface area (Å²) in [7, 11) is 0. The van der Waals surface area contributed by atoms with Crippen LogP contribution >= 0.6 is 11.8 Å². The number of aromatic hydroxyl groups is 1. The van der Waals surface area contributed by atoms with Gasteiger partial charge in [-0.1, -0.05) is 49.0 Å². The molecule has 0 fully saturated rings. The van der Waals surface area contributed by atoms with Gasteiger partial charge in [-0.3, -0.25) is 4.79 Å². The van der Waals surface area contributed by atoms with E-state index in [9.17, 15) is 9.90 Å². The molecule has 6 heteroatoms. The molecule has 0 spiro atoms. The Hall–Kier alpha value is -2.73. The van der Waals surface area contributed by atoms with Crippen molar-refractivity contribution in [1.82, 2.24) is 15.3 Å². The van der Waals surface area contributed by atoms with Crippen LogP contribution in [0, 0.1) is 6.92 Å². The number of aromatic amines is 1. The van der Waals surface area contributed by atoms with Crippen LogP contribution in [0.15, 0.2) is 59.8 Å². The van der Waals surface area contributed by atoms with E-state index in [1.807, 2.05) is 63.2 Å². The molecule has 0 aliphatic carbocycles. The number of hydrogen-bond donors (Lipinski definition) is 3. The monoisotopic (exact) mass is 395 g/mol. The number of aromatic nitrogens is 2. The number of imidazole rings is 1. The minimum absolute atomic E-state index is 0.00379. The first-order valence-corrected chi connectivity index (χ1v) is 10.2. The number of carbonyl (C=O) groups is 1. The van der Waals surface area contributed by atoms with E-state index in [0.717, 1.165) is 27.7 Å². The van der Waals surface area contributed by atoms with Crippen molar-refractivity contribution in [2.24, 2.45) is 0 Å². The molecule has 3 rings (SSSR count). The number of phenolic OH excluding ortho intramolecular Hbond substituents is 1. The molecule has 0 radical (unpaired) electrons. The lowest BCUT2D eigenvalue weighted by molar-refractivity contribution is -0.121. The largest absolute Gasteiger partial charge is 0.508 e. The topological polar surface area (TPSA) is 78.0 Å². The predicted octanol–water partition coefficient (Wildman–Crippen LogP) is 4.84. The first-order valence-electron chi connectivity index (χ1n) is 9.36. The Morgan fingerprint density at radius 1 is 1.18 bits per heavy atom. The van der Waals surface area contributed by atoms with Crippen molar-refractivity contribution in [1.29, 1.82) is 0 Å². The quantitative estimate of drug-likeness (QED) is 0.500. The fourth-order valence-corrected chi connectivity index (χ4v) is 3.94. The normalized spacial score (nSPS) is 13.1. The van der Waals surface area contributed by atoms with E-state index in [0.29, 0.717) is 6.42 Å². The van der Waals surface area contributed by atoms with Gasteiger partial charge < -0.3 is 15.4 Å². The molecule has 3 aromatic rings. The number of H-pyrrole nitrogens is 1. The first kappa shape index (κ1) is 20.0. The van der Waals surface area contributed by atoms with Gasteiger partial charge in [0.2, 0.25) is 5.91 Å². The van der Waals surface area contributed by atoms with Gasteiger partial charge in [-0.25, -0.2) is 4.98 Å². The minimum atomic E-state index is -0.232. The maximum Gasteiger partial charge on any atom is 0.234 e. The maximum absolute atomic E-state index is 12.8. The molecular formula is C22H25N3O2S. The molecule has 0 aliphatic heterocycles. The van der Waals surface area contributed by atoms with Crippen LogP contribution in [0.1, 0.15) is 37.6 Å². The summed E-state index contributed by atoms with van der Waals surface area (Å²) < 4.78 is 0. The zero-order chi connectivity index (χ0) is 20.1. The molecule has 1 aromatic heterocycles. The molecule has 28 heavy (non-hydrogen) atoms. The van der Waals surface area contributed by atoms with Crippen molar-refractivity contribution < 1.29 is 9.90 Å². The number of aryl methyl sites for hydroxylation is 1. The Balaban J connectivity index is 1.70. The van der Waals surface area contributed by atoms with Gasteiger partial charge in [-0.2, -0.15) is 0 Å². The van der Waals surface area contributed by atoms with E-state index < -0.39 is 0 Å². The third-order valence-electron chi connectivity index (χ3n) is 4.58. The summed E-state index contributed by atoms with van der Waals surface area (Å²) in [4.78, 5) is 20.7. The van der Waals surface area contributed by atoms with Gasteiger partial charge >= 0.3 is 0 Å². The second kappa shape index (κ2) is 8.97. The fraction of sp³-hybridized carbons (Fsp3) is 0.273. The number of benzene rings is 2. The summed E-state index contributed by atoms with van der Waals surface area (Å²) in [6, 6.07) is 16.8. The average molecular weight is 396 g/mol. The van der Waals surface area contributed by atoms with Crippen molar-refractivity contribution in [3.63, 3.8) is 0 Å². The summed E-state index contributed by atoms with van der Waals surface area (Å²) in [6.07, 6.45) is 0.701. The van der Waals surface area contributed by atoms with Crippen molar-refractivity contribution in [3.8, 4) is 17.0 Å². The second-order valence-electron chi connectivity index (χ2n) is 6.72. The molecule has 5 nitrogen and oxygen atoms in total. The van der Waals surface area contributed by atoms with Crippen LogP contribution in [0.5, 0.6) is 5.75 Å². The highest BCUT2D eigenvalue weighted by atomic mass is 32.2. The maximum atomic E-state index is 12.8. The smallest absolute Gasteiger partial charge is 0.234 e. The average Bonchev–Trinajstić information content (AvgIpc) is 3.07. The summed E-state index contributed by atoms with van der Waals surface area (Å²) >= 11 is 1.44. The van der Waals surface area contributed by atoms with Crippen LogP contribution in [0.2, 0.25) is 0 Å². The number of nitrogens with one attached hydrogen (secondary N) is 2. The van der Waals surface area contributed by atoms with Gasteiger partial charge in [0.25, 0.3) is 0 Å². The van der Waals surface area contributed by atoms with Crippen LogP contribution in [-0.2, 0) is 4.79 Å². The molecule has 3 N–H and O–H groups in total. The number of phenols is 1. The van der Waals surface area contributed by atoms with Gasteiger partial charge in [-0.05, 0) is 50.1 Å². The number of amides is 1. The molecule has 1 amide bonds. The third-order valence-corrected chi connectivity index (χ3v) is 5.83. The van der Waals surface area contributed by atoms with Crippen molar-refractivity contribution in [2.75, 3.05) is 0 Å². The van der Waals surface area contributed by atoms with Crippen LogP contribution < -0.4 is 5.32 Å². The zero-order valence-electron chi connectivity index (χ0n) is 16.3. The molecule has 0 saturated heterocycles. The molecule has 0 bridgehead atoms. The van der Waals surface area contributed by atoms with Crippen LogP contribution in [0.4, 0.5) is 0 Å². The molecule has 0 aliphatic rings. The predicted molar refractivity (Wildman–Crippen MR) is 113 cm³/mol. The van der Waals surface area contributed by atoms with Gasteiger partial charge in [0.15, 0.2) is 5.16 Å². The summed E-state index contributed by atoms with van der Waals surface area (Å²) in [5, 5.41) is 13.1. The summed E-state index contributed by atoms with van der Waals surface area (Å²) in [5.74, 6) is 0.228. The highest BCUT2D eigenvalue weighted by molar-refractivity contribution is 8.00. The van der Waals surface area contributed by atoms with Gasteiger partial charge in [0.05, 0.1) is 17.0 Å². The van der Waals surface area contributed by atoms with E-state index in [4.69, 9.17) is 0 Å². The molecule has 2 aromatic carbocycles. The standard InChI is InChI=1S/C22H25N3O2S/c1-4-19(21(27)23-14(2)16-8-6-5-7-9-16)28-22-24-15(3)20(25-22)17-10-12-18(26)13-11-17/h5-14,19,26H,4H2,1-3H3,(H,23,27)(H,24,25)/t14-,19+/m0/s1. The minimum Gasteiger partial charge on any atom is -0.508 e. The van der Waals surface area contributed by atoms with E-state index in [2.05, 4.69) is 15.3 Å². The Kier molecular flexibility index (Phi) is 6.41. The van der Waals surface area contributed by atoms with Gasteiger partial charge in [-0.15, -0.1) is 0 Å². The van der Waals surface area contributed by atoms with E-state index in [1.165, 1.54) is 11.8 Å². The Morgan fingerprint density at radius 2 is 1.86 bits per heavy atom. The Bertz CT molecular complexity index is 923. The lowest BCUT2D eigenvalue weighted by Gasteiger charge is -2.18. The lowest BCUT2D eigenvalue weighted by atomic mass is 10.1. The molecule has 0 saturated carbocycles. The SMILES string of the molecule is CC[C@@H](Sc1nc(-c2ccc(O)cc2)c(C)[nH]1)C(=O)N[C@@H](C)c1ccccc1. The molecule has 0 unspecified atom stereocenters. The van der Waals surface area contributed by atoms with Crippen LogP contribution in [-0.4, -0.2) is 26.2 Å². The lowest BCUT2D eigenvalue weighted by Crippen LogP contribution is -2.34. The molecule has 146 valence electrons. The van der Waals surface area contributed by atoms with Crippen molar-refractivity contribution >= 4 is 17.7 Å². The number of carbonyl (C=O) groups excluding carboxylic acids is 1. The van der Waals surface area contributed by atoms with Gasteiger partial charge in [0.1, 0.15) is 5.75 Å². The van der Waals surface area contributed by atoms with E-state index >= 15 is 0 Å². The molecular weight excluding hydrogens is 370 g/mol. The van der Waals surface area contributed by atoms with E-state index in [1.54, 1.807) is 12.1 Å². The first-order chi connectivity index (χ1) is 13.5. The zero-order valence-corrected chi connectivity index (χ0v) is 17.1. The highest BCUT2D eigenvalue weighted by Crippen LogP contribution is 2.29.